The molecular weight excluding hydrogens is 566 g/mol. The van der Waals surface area contributed by atoms with Crippen LogP contribution in [0.15, 0.2) is 96.5 Å². The van der Waals surface area contributed by atoms with E-state index in [4.69, 9.17) is 0 Å². The van der Waals surface area contributed by atoms with E-state index in [1.807, 2.05) is 18.0 Å². The van der Waals surface area contributed by atoms with E-state index in [2.05, 4.69) is 35.4 Å². The number of benzene rings is 2. The number of fused-ring (bicyclic) bond motifs is 1. The second-order valence-corrected chi connectivity index (χ2v) is 11.3. The summed E-state index contributed by atoms with van der Waals surface area (Å²) in [5.41, 5.74) is 2.35. The highest BCUT2D eigenvalue weighted by atomic mass is 19.4. The van der Waals surface area contributed by atoms with Crippen molar-refractivity contribution < 1.29 is 26.3 Å². The molecule has 0 aliphatic carbocycles. The van der Waals surface area contributed by atoms with Crippen molar-refractivity contribution in [1.82, 2.24) is 15.0 Å². The largest absolute Gasteiger partial charge is 0.416 e. The van der Waals surface area contributed by atoms with Gasteiger partial charge in [-0.1, -0.05) is 31.4 Å². The Morgan fingerprint density at radius 1 is 1.07 bits per heavy atom. The molecule has 3 aromatic rings. The monoisotopic (exact) mass is 598 g/mol. The van der Waals surface area contributed by atoms with Gasteiger partial charge >= 0.3 is 6.18 Å². The Hall–Kier alpha value is -4.05. The maximum absolute atomic E-state index is 14.0. The quantitative estimate of drug-likeness (QED) is 0.275. The summed E-state index contributed by atoms with van der Waals surface area (Å²) in [4.78, 5) is 3.81. The molecule has 1 unspecified atom stereocenters. The van der Waals surface area contributed by atoms with E-state index in [0.29, 0.717) is 36.1 Å². The van der Waals surface area contributed by atoms with Gasteiger partial charge in [0.25, 0.3) is 5.92 Å². The standard InChI is InChI=1S/C33H32F6N4/c1-20-30(22(3)42(43-15-7-14-31(20,43)4)19-23-8-6-9-26(34)16-23)21(2)41-28-12-11-25(33(37,38)39)17-27(28)24-10-13-29(40-18-24)32(5,35)36/h6,8-13,16-18,41H,2-3,7,14-15,19H2,1,4-5H3. The molecule has 1 saturated heterocycles. The number of aromatic nitrogens is 1. The zero-order chi connectivity index (χ0) is 31.3. The summed E-state index contributed by atoms with van der Waals surface area (Å²) in [5, 5.41) is 7.43. The van der Waals surface area contributed by atoms with Gasteiger partial charge in [0.05, 0.1) is 23.3 Å². The van der Waals surface area contributed by atoms with E-state index >= 15 is 0 Å². The SMILES string of the molecule is C=C(Nc1ccc(C(F)(F)F)cc1-c1ccc(C(C)(F)F)nc1)C1=C(C)C2(C)CCCN2N(Cc2cccc(F)c2)C1=C. The summed E-state index contributed by atoms with van der Waals surface area (Å²) in [6.07, 6.45) is -1.70. The lowest BCUT2D eigenvalue weighted by Crippen LogP contribution is -2.55. The number of halogens is 6. The van der Waals surface area contributed by atoms with Gasteiger partial charge in [-0.15, -0.1) is 0 Å². The first-order valence-corrected chi connectivity index (χ1v) is 13.8. The number of hydrogen-bond acceptors (Lipinski definition) is 4. The van der Waals surface area contributed by atoms with Crippen molar-refractivity contribution in [2.45, 2.75) is 57.8 Å². The molecule has 0 saturated carbocycles. The van der Waals surface area contributed by atoms with E-state index in [9.17, 15) is 26.3 Å². The van der Waals surface area contributed by atoms with Gasteiger partial charge in [-0.3, -0.25) is 4.98 Å². The van der Waals surface area contributed by atoms with Gasteiger partial charge in [0, 0.05) is 47.7 Å². The molecule has 0 amide bonds. The van der Waals surface area contributed by atoms with Crippen LogP contribution in [-0.2, 0) is 18.6 Å². The van der Waals surface area contributed by atoms with Crippen LogP contribution < -0.4 is 5.32 Å². The van der Waals surface area contributed by atoms with E-state index < -0.39 is 23.4 Å². The van der Waals surface area contributed by atoms with Crippen molar-refractivity contribution in [2.75, 3.05) is 11.9 Å². The van der Waals surface area contributed by atoms with Gasteiger partial charge < -0.3 is 10.3 Å². The van der Waals surface area contributed by atoms with Crippen LogP contribution in [0.2, 0.25) is 0 Å². The molecule has 43 heavy (non-hydrogen) atoms. The number of alkyl halides is 5. The predicted molar refractivity (Wildman–Crippen MR) is 155 cm³/mol. The first-order chi connectivity index (χ1) is 20.1. The van der Waals surface area contributed by atoms with Crippen molar-refractivity contribution >= 4 is 5.69 Å². The Morgan fingerprint density at radius 2 is 1.81 bits per heavy atom. The van der Waals surface area contributed by atoms with Crippen LogP contribution in [0.4, 0.5) is 32.0 Å². The van der Waals surface area contributed by atoms with E-state index in [1.165, 1.54) is 24.3 Å². The molecular formula is C33H32F6N4. The summed E-state index contributed by atoms with van der Waals surface area (Å²) in [5.74, 6) is -3.54. The molecule has 1 aromatic heterocycles. The fourth-order valence-corrected chi connectivity index (χ4v) is 5.97. The predicted octanol–water partition coefficient (Wildman–Crippen LogP) is 9.06. The fraction of sp³-hybridized carbons (Fsp3) is 0.303. The topological polar surface area (TPSA) is 31.4 Å². The molecule has 1 N–H and O–H groups in total. The van der Waals surface area contributed by atoms with Gasteiger partial charge in [0.15, 0.2) is 0 Å². The Bertz CT molecular complexity index is 1600. The van der Waals surface area contributed by atoms with Crippen molar-refractivity contribution in [3.8, 4) is 11.1 Å². The number of pyridine rings is 1. The lowest BCUT2D eigenvalue weighted by Gasteiger charge is -2.51. The van der Waals surface area contributed by atoms with Crippen molar-refractivity contribution in [2.24, 2.45) is 0 Å². The smallest absolute Gasteiger partial charge is 0.355 e. The molecule has 1 fully saturated rings. The lowest BCUT2D eigenvalue weighted by molar-refractivity contribution is -0.137. The van der Waals surface area contributed by atoms with Gasteiger partial charge in [-0.05, 0) is 74.2 Å². The number of nitrogens with zero attached hydrogens (tertiary/aromatic N) is 3. The van der Waals surface area contributed by atoms with Gasteiger partial charge in [0.2, 0.25) is 0 Å². The summed E-state index contributed by atoms with van der Waals surface area (Å²) in [6.45, 7) is 14.6. The van der Waals surface area contributed by atoms with E-state index in [-0.39, 0.29) is 22.5 Å². The molecule has 4 nitrogen and oxygen atoms in total. The van der Waals surface area contributed by atoms with Crippen LogP contribution in [0.3, 0.4) is 0 Å². The Labute approximate surface area is 247 Å². The van der Waals surface area contributed by atoms with Gasteiger partial charge in [0.1, 0.15) is 11.5 Å². The second kappa shape index (κ2) is 10.9. The highest BCUT2D eigenvalue weighted by Gasteiger charge is 2.47. The number of anilines is 1. The minimum Gasteiger partial charge on any atom is -0.355 e. The highest BCUT2D eigenvalue weighted by molar-refractivity contribution is 5.80. The maximum Gasteiger partial charge on any atom is 0.416 e. The van der Waals surface area contributed by atoms with E-state index in [1.54, 1.807) is 6.07 Å². The molecule has 2 aliphatic rings. The normalized spacial score (nSPS) is 19.6. The summed E-state index contributed by atoms with van der Waals surface area (Å²) >= 11 is 0. The fourth-order valence-electron chi connectivity index (χ4n) is 5.97. The summed E-state index contributed by atoms with van der Waals surface area (Å²) in [6, 6.07) is 12.0. The Balaban J connectivity index is 1.54. The maximum atomic E-state index is 14.0. The average molecular weight is 599 g/mol. The third kappa shape index (κ3) is 5.80. The molecule has 1 atom stereocenters. The number of hydrazine groups is 1. The third-order valence-corrected chi connectivity index (χ3v) is 8.36. The highest BCUT2D eigenvalue weighted by Crippen LogP contribution is 2.47. The van der Waals surface area contributed by atoms with Crippen LogP contribution in [0.5, 0.6) is 0 Å². The molecule has 3 heterocycles. The van der Waals surface area contributed by atoms with E-state index in [0.717, 1.165) is 54.9 Å². The zero-order valence-corrected chi connectivity index (χ0v) is 24.1. The molecule has 0 radical (unpaired) electrons. The average Bonchev–Trinajstić information content (AvgIpc) is 3.33. The van der Waals surface area contributed by atoms with Crippen LogP contribution in [0.1, 0.15) is 50.4 Å². The number of hydrogen-bond donors (Lipinski definition) is 1. The lowest BCUT2D eigenvalue weighted by atomic mass is 9.83. The third-order valence-electron chi connectivity index (χ3n) is 8.36. The summed E-state index contributed by atoms with van der Waals surface area (Å²) < 4.78 is 82.7. The Kier molecular flexibility index (Phi) is 7.71. The van der Waals surface area contributed by atoms with Gasteiger partial charge in [-0.2, -0.15) is 22.0 Å². The first-order valence-electron chi connectivity index (χ1n) is 13.8. The minimum atomic E-state index is -4.62. The molecule has 2 aliphatic heterocycles. The molecule has 10 heteroatoms. The van der Waals surface area contributed by atoms with Crippen LogP contribution >= 0.6 is 0 Å². The summed E-state index contributed by atoms with van der Waals surface area (Å²) in [7, 11) is 0. The molecule has 5 rings (SSSR count). The number of nitrogens with one attached hydrogen (secondary N) is 1. The zero-order valence-electron chi connectivity index (χ0n) is 24.1. The Morgan fingerprint density at radius 3 is 2.44 bits per heavy atom. The van der Waals surface area contributed by atoms with Crippen molar-refractivity contribution in [1.29, 1.82) is 0 Å². The van der Waals surface area contributed by atoms with Crippen LogP contribution in [-0.4, -0.2) is 27.1 Å². The second-order valence-electron chi connectivity index (χ2n) is 11.3. The van der Waals surface area contributed by atoms with Crippen LogP contribution in [0, 0.1) is 5.82 Å². The molecule has 0 spiro atoms. The molecule has 0 bridgehead atoms. The number of rotatable bonds is 7. The van der Waals surface area contributed by atoms with Crippen molar-refractivity contribution in [3.63, 3.8) is 0 Å². The molecule has 226 valence electrons. The van der Waals surface area contributed by atoms with Crippen molar-refractivity contribution in [3.05, 3.63) is 119 Å². The van der Waals surface area contributed by atoms with Gasteiger partial charge in [-0.25, -0.2) is 9.40 Å². The molecule has 2 aromatic carbocycles. The minimum absolute atomic E-state index is 0.124. The first kappa shape index (κ1) is 30.4. The van der Waals surface area contributed by atoms with Crippen LogP contribution in [0.25, 0.3) is 11.1 Å².